The van der Waals surface area contributed by atoms with Crippen molar-refractivity contribution in [1.29, 1.82) is 0 Å². The van der Waals surface area contributed by atoms with Gasteiger partial charge in [0.25, 0.3) is 0 Å². The van der Waals surface area contributed by atoms with Crippen LogP contribution in [0.4, 0.5) is 0 Å². The summed E-state index contributed by atoms with van der Waals surface area (Å²) in [5, 5.41) is 13.5. The molecule has 0 saturated heterocycles. The van der Waals surface area contributed by atoms with Crippen molar-refractivity contribution in [2.45, 2.75) is 54.0 Å². The molecule has 0 aromatic rings. The Labute approximate surface area is 133 Å². The van der Waals surface area contributed by atoms with E-state index in [1.54, 1.807) is 0 Å². The van der Waals surface area contributed by atoms with Crippen LogP contribution >= 0.6 is 12.0 Å². The Morgan fingerprint density at radius 2 is 1.86 bits per heavy atom. The van der Waals surface area contributed by atoms with Crippen LogP contribution in [0, 0.1) is 11.8 Å². The molecule has 5 heteroatoms. The van der Waals surface area contributed by atoms with Crippen molar-refractivity contribution in [3.8, 4) is 0 Å². The Hall–Kier alpha value is -0.490. The van der Waals surface area contributed by atoms with E-state index in [4.69, 9.17) is 0 Å². The summed E-state index contributed by atoms with van der Waals surface area (Å²) in [7, 11) is 0. The van der Waals surface area contributed by atoms with Gasteiger partial charge in [-0.3, -0.25) is 5.04 Å². The summed E-state index contributed by atoms with van der Waals surface area (Å²) < 4.78 is 4.47. The second-order valence-electron chi connectivity index (χ2n) is 6.57. The van der Waals surface area contributed by atoms with E-state index in [9.17, 15) is 5.26 Å². The zero-order valence-electron chi connectivity index (χ0n) is 14.2. The fourth-order valence-corrected chi connectivity index (χ4v) is 3.75. The van der Waals surface area contributed by atoms with Crippen LogP contribution in [0.3, 0.4) is 0 Å². The molecule has 1 aliphatic heterocycles. The van der Waals surface area contributed by atoms with Crippen LogP contribution in [-0.2, 0) is 9.37 Å². The molecule has 21 heavy (non-hydrogen) atoms. The molecule has 0 N–H and O–H groups in total. The second kappa shape index (κ2) is 7.68. The Kier molecular flexibility index (Phi) is 6.78. The van der Waals surface area contributed by atoms with Crippen molar-refractivity contribution >= 4 is 12.0 Å². The van der Waals surface area contributed by atoms with Crippen molar-refractivity contribution in [2.75, 3.05) is 12.3 Å². The molecule has 0 aliphatic carbocycles. The third kappa shape index (κ3) is 4.25. The highest BCUT2D eigenvalue weighted by Crippen LogP contribution is 2.40. The predicted molar refractivity (Wildman–Crippen MR) is 85.9 cm³/mol. The van der Waals surface area contributed by atoms with E-state index in [0.29, 0.717) is 17.6 Å². The summed E-state index contributed by atoms with van der Waals surface area (Å²) >= 11 is 1.05. The number of likely N-dealkylation sites (N-methyl/N-ethyl adjacent to an activating group) is 1. The SMILES string of the molecule is CCN1C(C(C)C)=C(C(C)C)C(CSOO[O-])=CC1(C)C. The minimum atomic E-state index is -0.0407. The Morgan fingerprint density at radius 1 is 1.24 bits per heavy atom. The van der Waals surface area contributed by atoms with Crippen LogP contribution in [0.2, 0.25) is 0 Å². The summed E-state index contributed by atoms with van der Waals surface area (Å²) in [6.07, 6.45) is 2.29. The van der Waals surface area contributed by atoms with Gasteiger partial charge in [-0.05, 0) is 43.8 Å². The molecule has 1 rings (SSSR count). The monoisotopic (exact) mass is 314 g/mol. The number of hydrogen-bond donors (Lipinski definition) is 0. The van der Waals surface area contributed by atoms with Gasteiger partial charge in [0.2, 0.25) is 0 Å². The number of allylic oxidation sites excluding steroid dienone is 2. The first kappa shape index (κ1) is 18.6. The third-order valence-corrected chi connectivity index (χ3v) is 4.45. The standard InChI is InChI=1S/C16H29NO3S/c1-8-17-15(12(4)5)14(11(2)3)13(9-16(17,6)7)10-21-20-19-18/h9,11-12,18H,8,10H2,1-7H3/p-1. The molecule has 0 bridgehead atoms. The lowest BCUT2D eigenvalue weighted by molar-refractivity contribution is -0.777. The highest BCUT2D eigenvalue weighted by molar-refractivity contribution is 7.94. The van der Waals surface area contributed by atoms with Crippen LogP contribution in [0.15, 0.2) is 22.9 Å². The number of hydrogen-bond acceptors (Lipinski definition) is 5. The van der Waals surface area contributed by atoms with Gasteiger partial charge in [0.15, 0.2) is 0 Å². The van der Waals surface area contributed by atoms with Gasteiger partial charge < -0.3 is 10.2 Å². The van der Waals surface area contributed by atoms with Crippen LogP contribution in [-0.4, -0.2) is 22.7 Å². The van der Waals surface area contributed by atoms with Crippen molar-refractivity contribution < 1.29 is 14.6 Å². The first-order valence-electron chi connectivity index (χ1n) is 7.58. The largest absolute Gasteiger partial charge is 0.691 e. The maximum Gasteiger partial charge on any atom is 0.0531 e. The summed E-state index contributed by atoms with van der Waals surface area (Å²) in [6.45, 7) is 16.5. The molecule has 0 spiro atoms. The molecule has 0 fully saturated rings. The normalized spacial score (nSPS) is 18.8. The Balaban J connectivity index is 3.28. The second-order valence-corrected chi connectivity index (χ2v) is 7.23. The molecule has 0 amide bonds. The van der Waals surface area contributed by atoms with Crippen LogP contribution in [0.25, 0.3) is 0 Å². The molecular formula is C16H28NO3S-. The van der Waals surface area contributed by atoms with Gasteiger partial charge >= 0.3 is 0 Å². The molecular weight excluding hydrogens is 286 g/mol. The van der Waals surface area contributed by atoms with Crippen LogP contribution in [0.1, 0.15) is 48.5 Å². The minimum absolute atomic E-state index is 0.0407. The van der Waals surface area contributed by atoms with Gasteiger partial charge in [-0.15, -0.1) is 0 Å². The molecule has 0 atom stereocenters. The highest BCUT2D eigenvalue weighted by atomic mass is 32.2. The van der Waals surface area contributed by atoms with Gasteiger partial charge in [-0.25, -0.2) is 0 Å². The van der Waals surface area contributed by atoms with E-state index in [0.717, 1.165) is 18.6 Å². The number of nitrogens with zero attached hydrogens (tertiary/aromatic N) is 1. The Morgan fingerprint density at radius 3 is 2.29 bits per heavy atom. The smallest absolute Gasteiger partial charge is 0.0531 e. The fourth-order valence-electron chi connectivity index (χ4n) is 3.30. The van der Waals surface area contributed by atoms with Gasteiger partial charge in [-0.1, -0.05) is 33.8 Å². The molecule has 122 valence electrons. The zero-order valence-corrected chi connectivity index (χ0v) is 15.0. The first-order chi connectivity index (χ1) is 9.76. The van der Waals surface area contributed by atoms with E-state index < -0.39 is 0 Å². The molecule has 4 nitrogen and oxygen atoms in total. The predicted octanol–water partition coefficient (Wildman–Crippen LogP) is 3.46. The average molecular weight is 314 g/mol. The lowest BCUT2D eigenvalue weighted by Crippen LogP contribution is -2.46. The maximum absolute atomic E-state index is 10.0. The van der Waals surface area contributed by atoms with Crippen LogP contribution in [0.5, 0.6) is 0 Å². The molecule has 0 unspecified atom stereocenters. The minimum Gasteiger partial charge on any atom is -0.691 e. The van der Waals surface area contributed by atoms with Crippen molar-refractivity contribution in [3.05, 3.63) is 22.9 Å². The molecule has 0 radical (unpaired) electrons. The van der Waals surface area contributed by atoms with E-state index in [1.165, 1.54) is 16.8 Å². The zero-order chi connectivity index (χ0) is 16.2. The highest BCUT2D eigenvalue weighted by Gasteiger charge is 2.35. The third-order valence-electron chi connectivity index (χ3n) is 3.87. The summed E-state index contributed by atoms with van der Waals surface area (Å²) in [5.41, 5.74) is 3.97. The average Bonchev–Trinajstić information content (AvgIpc) is 2.36. The fraction of sp³-hybridized carbons (Fsp3) is 0.750. The Bertz CT molecular complexity index is 414. The molecule has 1 aliphatic rings. The molecule has 0 aromatic heterocycles. The van der Waals surface area contributed by atoms with Crippen molar-refractivity contribution in [1.82, 2.24) is 4.90 Å². The van der Waals surface area contributed by atoms with E-state index in [2.05, 4.69) is 68.8 Å². The summed E-state index contributed by atoms with van der Waals surface area (Å²) in [5.74, 6) is 1.49. The first-order valence-corrected chi connectivity index (χ1v) is 8.49. The lowest BCUT2D eigenvalue weighted by atomic mass is 9.81. The molecule has 1 heterocycles. The summed E-state index contributed by atoms with van der Waals surface area (Å²) in [6, 6.07) is 0. The topological polar surface area (TPSA) is 44.8 Å². The van der Waals surface area contributed by atoms with Crippen molar-refractivity contribution in [2.24, 2.45) is 11.8 Å². The molecule has 0 aromatic carbocycles. The maximum atomic E-state index is 10.0. The lowest BCUT2D eigenvalue weighted by Gasteiger charge is -2.47. The van der Waals surface area contributed by atoms with Gasteiger partial charge in [0.05, 0.1) is 5.54 Å². The number of rotatable bonds is 7. The van der Waals surface area contributed by atoms with Gasteiger partial charge in [0, 0.05) is 30.0 Å². The van der Waals surface area contributed by atoms with E-state index in [1.807, 2.05) is 0 Å². The van der Waals surface area contributed by atoms with Crippen LogP contribution < -0.4 is 5.26 Å². The summed E-state index contributed by atoms with van der Waals surface area (Å²) in [4.78, 5) is 2.48. The van der Waals surface area contributed by atoms with E-state index in [-0.39, 0.29) is 5.54 Å². The van der Waals surface area contributed by atoms with E-state index >= 15 is 0 Å². The van der Waals surface area contributed by atoms with Gasteiger partial charge in [0.1, 0.15) is 0 Å². The molecule has 0 saturated carbocycles. The van der Waals surface area contributed by atoms with Crippen molar-refractivity contribution in [3.63, 3.8) is 0 Å². The quantitative estimate of drug-likeness (QED) is 0.312. The van der Waals surface area contributed by atoms with Gasteiger partial charge in [-0.2, -0.15) is 4.33 Å².